The molecule has 0 unspecified atom stereocenters. The maximum absolute atomic E-state index is 12.8. The van der Waals surface area contributed by atoms with Crippen molar-refractivity contribution in [2.45, 2.75) is 43.4 Å². The molecule has 2 aromatic heterocycles. The van der Waals surface area contributed by atoms with Crippen molar-refractivity contribution in [1.29, 1.82) is 0 Å². The van der Waals surface area contributed by atoms with Crippen molar-refractivity contribution in [3.05, 3.63) is 40.0 Å². The van der Waals surface area contributed by atoms with Gasteiger partial charge in [0.05, 0.1) is 18.0 Å². The van der Waals surface area contributed by atoms with E-state index in [-0.39, 0.29) is 11.2 Å². The molecule has 1 aromatic carbocycles. The van der Waals surface area contributed by atoms with E-state index >= 15 is 0 Å². The number of thioether (sulfide) groups is 1. The summed E-state index contributed by atoms with van der Waals surface area (Å²) in [6.07, 6.45) is 4.94. The molecule has 5 nitrogen and oxygen atoms in total. The molecule has 2 atom stereocenters. The smallest absolute Gasteiger partial charge is 0.237 e. The number of amides is 1. The number of ether oxygens (including phenoxy) is 1. The molecule has 1 aliphatic carbocycles. The minimum Gasteiger partial charge on any atom is -0.495 e. The van der Waals surface area contributed by atoms with Crippen LogP contribution in [0.25, 0.3) is 10.2 Å². The third-order valence-corrected chi connectivity index (χ3v) is 7.63. The molecule has 0 fully saturated rings. The Morgan fingerprint density at radius 1 is 1.41 bits per heavy atom. The number of aromatic nitrogens is 2. The summed E-state index contributed by atoms with van der Waals surface area (Å²) in [6.45, 7) is 4.18. The lowest BCUT2D eigenvalue weighted by Gasteiger charge is -2.18. The van der Waals surface area contributed by atoms with Gasteiger partial charge in [0, 0.05) is 15.3 Å². The van der Waals surface area contributed by atoms with Crippen LogP contribution in [-0.2, 0) is 17.6 Å². The highest BCUT2D eigenvalue weighted by Gasteiger charge is 2.25. The number of methoxy groups -OCH3 is 1. The predicted molar refractivity (Wildman–Crippen MR) is 121 cm³/mol. The number of rotatable bonds is 5. The normalized spacial score (nSPS) is 17.0. The predicted octanol–water partition coefficient (Wildman–Crippen LogP) is 5.60. The fourth-order valence-corrected chi connectivity index (χ4v) is 6.10. The zero-order valence-corrected chi connectivity index (χ0v) is 18.9. The second kappa shape index (κ2) is 8.50. The van der Waals surface area contributed by atoms with Gasteiger partial charge in [-0.15, -0.1) is 11.3 Å². The number of nitrogens with one attached hydrogen (secondary N) is 1. The van der Waals surface area contributed by atoms with Crippen molar-refractivity contribution in [1.82, 2.24) is 9.97 Å². The lowest BCUT2D eigenvalue weighted by atomic mass is 9.89. The van der Waals surface area contributed by atoms with Gasteiger partial charge in [-0.25, -0.2) is 9.97 Å². The number of benzene rings is 1. The van der Waals surface area contributed by atoms with Crippen molar-refractivity contribution in [3.8, 4) is 5.75 Å². The molecule has 0 spiro atoms. The van der Waals surface area contributed by atoms with Gasteiger partial charge in [-0.2, -0.15) is 0 Å². The first-order valence-corrected chi connectivity index (χ1v) is 11.6. The highest BCUT2D eigenvalue weighted by atomic mass is 35.5. The molecular weight excluding hydrogens is 426 g/mol. The van der Waals surface area contributed by atoms with Gasteiger partial charge in [-0.1, -0.05) is 30.3 Å². The van der Waals surface area contributed by atoms with E-state index < -0.39 is 0 Å². The first-order valence-electron chi connectivity index (χ1n) is 9.52. The van der Waals surface area contributed by atoms with Crippen molar-refractivity contribution >= 4 is 56.5 Å². The molecule has 29 heavy (non-hydrogen) atoms. The van der Waals surface area contributed by atoms with Crippen LogP contribution in [0.4, 0.5) is 5.69 Å². The van der Waals surface area contributed by atoms with Gasteiger partial charge in [-0.05, 0) is 55.9 Å². The number of carbonyl (C=O) groups excluding carboxylic acids is 1. The topological polar surface area (TPSA) is 64.1 Å². The molecule has 0 saturated heterocycles. The molecule has 1 amide bonds. The summed E-state index contributed by atoms with van der Waals surface area (Å²) in [5.41, 5.74) is 1.93. The Morgan fingerprint density at radius 2 is 2.24 bits per heavy atom. The van der Waals surface area contributed by atoms with Gasteiger partial charge in [0.1, 0.15) is 21.9 Å². The Bertz CT molecular complexity index is 1070. The largest absolute Gasteiger partial charge is 0.495 e. The third kappa shape index (κ3) is 4.22. The Balaban J connectivity index is 1.57. The SMILES string of the molecule is COc1ccc(Cl)cc1NC(=O)[C@@H](C)Sc1ncnc2sc3c(c12)CC[C@H](C)C3. The molecule has 8 heteroatoms. The number of fused-ring (bicyclic) bond motifs is 3. The number of halogens is 1. The minimum atomic E-state index is -0.338. The Morgan fingerprint density at radius 3 is 3.03 bits per heavy atom. The van der Waals surface area contributed by atoms with E-state index in [1.807, 2.05) is 6.92 Å². The minimum absolute atomic E-state index is 0.125. The average Bonchev–Trinajstić information content (AvgIpc) is 3.06. The molecule has 3 aromatic rings. The monoisotopic (exact) mass is 447 g/mol. The van der Waals surface area contributed by atoms with Crippen LogP contribution in [0.1, 0.15) is 30.7 Å². The molecule has 0 aliphatic heterocycles. The second-order valence-electron chi connectivity index (χ2n) is 7.30. The number of nitrogens with zero attached hydrogens (tertiary/aromatic N) is 2. The Labute approximate surface area is 183 Å². The highest BCUT2D eigenvalue weighted by molar-refractivity contribution is 8.00. The quantitative estimate of drug-likeness (QED) is 0.407. The first-order chi connectivity index (χ1) is 14.0. The van der Waals surface area contributed by atoms with Gasteiger partial charge in [-0.3, -0.25) is 4.79 Å². The summed E-state index contributed by atoms with van der Waals surface area (Å²) < 4.78 is 5.32. The Hall–Kier alpha value is -1.83. The van der Waals surface area contributed by atoms with E-state index in [1.165, 1.54) is 28.6 Å². The first kappa shape index (κ1) is 20.4. The van der Waals surface area contributed by atoms with Crippen LogP contribution >= 0.6 is 34.7 Å². The van der Waals surface area contributed by atoms with Crippen LogP contribution in [0.2, 0.25) is 5.02 Å². The van der Waals surface area contributed by atoms with Crippen molar-refractivity contribution in [2.24, 2.45) is 5.92 Å². The number of thiophene rings is 1. The van der Waals surface area contributed by atoms with Gasteiger partial charge < -0.3 is 10.1 Å². The number of hydrogen-bond donors (Lipinski definition) is 1. The molecule has 1 aliphatic rings. The number of carbonyl (C=O) groups is 1. The van der Waals surface area contributed by atoms with E-state index in [9.17, 15) is 4.79 Å². The fourth-order valence-electron chi connectivity index (χ4n) is 3.57. The van der Waals surface area contributed by atoms with E-state index in [1.54, 1.807) is 43.0 Å². The summed E-state index contributed by atoms with van der Waals surface area (Å²) >= 11 is 9.30. The van der Waals surface area contributed by atoms with E-state index in [0.29, 0.717) is 22.4 Å². The van der Waals surface area contributed by atoms with Crippen LogP contribution in [0.5, 0.6) is 5.75 Å². The highest BCUT2D eigenvalue weighted by Crippen LogP contribution is 2.41. The van der Waals surface area contributed by atoms with Crippen molar-refractivity contribution < 1.29 is 9.53 Å². The van der Waals surface area contributed by atoms with Crippen LogP contribution in [0.15, 0.2) is 29.6 Å². The molecule has 152 valence electrons. The van der Waals surface area contributed by atoms with E-state index in [4.69, 9.17) is 16.3 Å². The van der Waals surface area contributed by atoms with Crippen LogP contribution in [0.3, 0.4) is 0 Å². The maximum Gasteiger partial charge on any atom is 0.237 e. The number of aryl methyl sites for hydroxylation is 1. The molecule has 0 bridgehead atoms. The number of hydrogen-bond acceptors (Lipinski definition) is 6. The van der Waals surface area contributed by atoms with Crippen LogP contribution < -0.4 is 10.1 Å². The molecule has 4 rings (SSSR count). The van der Waals surface area contributed by atoms with Gasteiger partial charge >= 0.3 is 0 Å². The van der Waals surface area contributed by atoms with Crippen LogP contribution in [0, 0.1) is 5.92 Å². The zero-order chi connectivity index (χ0) is 20.5. The maximum atomic E-state index is 12.8. The molecule has 1 N–H and O–H groups in total. The number of anilines is 1. The fraction of sp³-hybridized carbons (Fsp3) is 0.381. The standard InChI is InChI=1S/C21H22ClN3O2S2/c1-11-4-6-14-17(8-11)29-21-18(14)20(23-10-24-21)28-12(2)19(26)25-15-9-13(22)5-7-16(15)27-3/h5,7,9-12H,4,6,8H2,1-3H3,(H,25,26)/t11-,12+/m0/s1. The summed E-state index contributed by atoms with van der Waals surface area (Å²) in [7, 11) is 1.56. The molecule has 0 radical (unpaired) electrons. The lowest BCUT2D eigenvalue weighted by molar-refractivity contribution is -0.115. The van der Waals surface area contributed by atoms with Crippen LogP contribution in [-0.4, -0.2) is 28.2 Å². The zero-order valence-electron chi connectivity index (χ0n) is 16.5. The van der Waals surface area contributed by atoms with Crippen molar-refractivity contribution in [2.75, 3.05) is 12.4 Å². The summed E-state index contributed by atoms with van der Waals surface area (Å²) in [4.78, 5) is 24.3. The van der Waals surface area contributed by atoms with E-state index in [2.05, 4.69) is 22.2 Å². The summed E-state index contributed by atoms with van der Waals surface area (Å²) in [6, 6.07) is 5.16. The lowest BCUT2D eigenvalue weighted by Crippen LogP contribution is -2.23. The van der Waals surface area contributed by atoms with Gasteiger partial charge in [0.2, 0.25) is 5.91 Å². The molecule has 2 heterocycles. The third-order valence-electron chi connectivity index (χ3n) is 5.13. The van der Waals surface area contributed by atoms with E-state index in [0.717, 1.165) is 28.1 Å². The molecular formula is C21H22ClN3O2S2. The molecule has 0 saturated carbocycles. The van der Waals surface area contributed by atoms with Gasteiger partial charge in [0.15, 0.2) is 0 Å². The van der Waals surface area contributed by atoms with Gasteiger partial charge in [0.25, 0.3) is 0 Å². The second-order valence-corrected chi connectivity index (χ2v) is 10.2. The Kier molecular flexibility index (Phi) is 5.99. The average molecular weight is 448 g/mol. The summed E-state index contributed by atoms with van der Waals surface area (Å²) in [5.74, 6) is 1.16. The summed E-state index contributed by atoms with van der Waals surface area (Å²) in [5, 5.41) is 5.13. The van der Waals surface area contributed by atoms with Crippen molar-refractivity contribution in [3.63, 3.8) is 0 Å².